The minimum atomic E-state index is -0.102. The van der Waals surface area contributed by atoms with E-state index in [1.165, 1.54) is 5.56 Å². The van der Waals surface area contributed by atoms with Crippen LogP contribution in [0.1, 0.15) is 52.4 Å². The zero-order valence-electron chi connectivity index (χ0n) is 15.6. The molecule has 1 aliphatic rings. The number of carbonyl (C=O) groups is 2. The maximum Gasteiger partial charge on any atom is 0.274 e. The lowest BCUT2D eigenvalue weighted by Gasteiger charge is -2.27. The molecule has 3 rings (SSSR count). The largest absolute Gasteiger partial charge is 0.350 e. The van der Waals surface area contributed by atoms with E-state index in [9.17, 15) is 9.59 Å². The molecule has 2 unspecified atom stereocenters. The number of nitrogens with zero attached hydrogens (tertiary/aromatic N) is 2. The normalized spacial score (nSPS) is 19.6. The summed E-state index contributed by atoms with van der Waals surface area (Å²) in [7, 11) is 0. The molecule has 2 atom stereocenters. The summed E-state index contributed by atoms with van der Waals surface area (Å²) in [5, 5.41) is 2.99. The highest BCUT2D eigenvalue weighted by molar-refractivity contribution is 5.95. The summed E-state index contributed by atoms with van der Waals surface area (Å²) < 4.78 is 0. The second-order valence-corrected chi connectivity index (χ2v) is 6.97. The molecular formula is C20H26N4O2. The first-order chi connectivity index (χ1) is 12.5. The smallest absolute Gasteiger partial charge is 0.274 e. The number of aromatic nitrogens is 2. The number of H-pyrrole nitrogens is 1. The number of amides is 2. The number of likely N-dealkylation sites (tertiary alicyclic amines) is 1. The molecule has 26 heavy (non-hydrogen) atoms. The van der Waals surface area contributed by atoms with Gasteiger partial charge in [0.05, 0.1) is 12.4 Å². The topological polar surface area (TPSA) is 78.1 Å². The van der Waals surface area contributed by atoms with Gasteiger partial charge in [-0.2, -0.15) is 0 Å². The van der Waals surface area contributed by atoms with Gasteiger partial charge in [-0.05, 0) is 43.4 Å². The van der Waals surface area contributed by atoms with E-state index >= 15 is 0 Å². The van der Waals surface area contributed by atoms with E-state index in [0.717, 1.165) is 18.5 Å². The van der Waals surface area contributed by atoms with E-state index in [2.05, 4.69) is 29.1 Å². The van der Waals surface area contributed by atoms with Gasteiger partial charge in [-0.3, -0.25) is 9.59 Å². The van der Waals surface area contributed by atoms with E-state index in [4.69, 9.17) is 0 Å². The quantitative estimate of drug-likeness (QED) is 0.866. The van der Waals surface area contributed by atoms with Gasteiger partial charge in [-0.25, -0.2) is 4.98 Å². The van der Waals surface area contributed by atoms with Gasteiger partial charge in [-0.15, -0.1) is 0 Å². The van der Waals surface area contributed by atoms with Crippen LogP contribution in [0.5, 0.6) is 0 Å². The third-order valence-corrected chi connectivity index (χ3v) is 5.27. The predicted molar refractivity (Wildman–Crippen MR) is 100 cm³/mol. The number of aryl methyl sites for hydroxylation is 2. The molecule has 1 aliphatic heterocycles. The Labute approximate surface area is 154 Å². The highest BCUT2D eigenvalue weighted by atomic mass is 16.2. The summed E-state index contributed by atoms with van der Waals surface area (Å²) in [5.74, 6) is 0.163. The van der Waals surface area contributed by atoms with Crippen molar-refractivity contribution in [1.29, 1.82) is 0 Å². The van der Waals surface area contributed by atoms with Crippen molar-refractivity contribution in [2.75, 3.05) is 13.1 Å². The number of rotatable bonds is 5. The molecule has 6 heteroatoms. The Morgan fingerprint density at radius 3 is 2.65 bits per heavy atom. The van der Waals surface area contributed by atoms with Crippen molar-refractivity contribution in [3.63, 3.8) is 0 Å². The van der Waals surface area contributed by atoms with Crippen molar-refractivity contribution in [3.8, 4) is 0 Å². The van der Waals surface area contributed by atoms with Gasteiger partial charge < -0.3 is 15.2 Å². The van der Waals surface area contributed by atoms with Crippen LogP contribution in [-0.4, -0.2) is 45.8 Å². The van der Waals surface area contributed by atoms with E-state index in [-0.39, 0.29) is 17.9 Å². The summed E-state index contributed by atoms with van der Waals surface area (Å²) in [6, 6.07) is 7.63. The van der Waals surface area contributed by atoms with Gasteiger partial charge in [0.15, 0.2) is 0 Å². The molecule has 0 radical (unpaired) electrons. The van der Waals surface area contributed by atoms with E-state index < -0.39 is 0 Å². The van der Waals surface area contributed by atoms with Crippen LogP contribution in [0.3, 0.4) is 0 Å². The van der Waals surface area contributed by atoms with Gasteiger partial charge >= 0.3 is 0 Å². The van der Waals surface area contributed by atoms with Crippen LogP contribution in [0.4, 0.5) is 0 Å². The molecule has 2 aromatic rings. The van der Waals surface area contributed by atoms with Crippen LogP contribution < -0.4 is 5.32 Å². The van der Waals surface area contributed by atoms with E-state index in [1.807, 2.05) is 36.1 Å². The first-order valence-electron chi connectivity index (χ1n) is 9.19. The molecule has 1 aromatic carbocycles. The average molecular weight is 354 g/mol. The van der Waals surface area contributed by atoms with Crippen molar-refractivity contribution >= 4 is 11.8 Å². The molecule has 2 N–H and O–H groups in total. The lowest BCUT2D eigenvalue weighted by molar-refractivity contribution is 0.0703. The number of nitrogens with one attached hydrogen (secondary N) is 2. The summed E-state index contributed by atoms with van der Waals surface area (Å²) in [6.07, 6.45) is 3.42. The Hall–Kier alpha value is -2.63. The lowest BCUT2D eigenvalue weighted by Crippen LogP contribution is -2.45. The molecule has 0 spiro atoms. The van der Waals surface area contributed by atoms with Gasteiger partial charge in [0.25, 0.3) is 11.8 Å². The molecule has 0 saturated carbocycles. The van der Waals surface area contributed by atoms with Gasteiger partial charge in [-0.1, -0.05) is 26.0 Å². The maximum atomic E-state index is 12.8. The fraction of sp³-hybridized carbons (Fsp3) is 0.450. The fourth-order valence-electron chi connectivity index (χ4n) is 3.47. The molecule has 138 valence electrons. The Balaban J connectivity index is 1.65. The molecule has 6 nitrogen and oxygen atoms in total. The average Bonchev–Trinajstić information content (AvgIpc) is 3.25. The Morgan fingerprint density at radius 1 is 1.31 bits per heavy atom. The first kappa shape index (κ1) is 18.2. The molecular weight excluding hydrogens is 328 g/mol. The number of benzene rings is 1. The van der Waals surface area contributed by atoms with Gasteiger partial charge in [0.1, 0.15) is 5.69 Å². The van der Waals surface area contributed by atoms with Gasteiger partial charge in [0.2, 0.25) is 0 Å². The minimum absolute atomic E-state index is 0.0162. The summed E-state index contributed by atoms with van der Waals surface area (Å²) in [4.78, 5) is 34.2. The number of carbonyl (C=O) groups excluding carboxylic acids is 2. The SMILES string of the molecule is CCc1ccc(C(=O)NCC2C(C)CCN2C(=O)c2nc[nH]c2C)cc1. The molecule has 0 bridgehead atoms. The molecule has 2 heterocycles. The Bertz CT molecular complexity index is 781. The Morgan fingerprint density at radius 2 is 2.04 bits per heavy atom. The predicted octanol–water partition coefficient (Wildman–Crippen LogP) is 2.56. The first-order valence-corrected chi connectivity index (χ1v) is 9.19. The molecule has 1 fully saturated rings. The summed E-state index contributed by atoms with van der Waals surface area (Å²) >= 11 is 0. The molecule has 1 aromatic heterocycles. The highest BCUT2D eigenvalue weighted by Crippen LogP contribution is 2.25. The monoisotopic (exact) mass is 354 g/mol. The Kier molecular flexibility index (Phi) is 5.40. The minimum Gasteiger partial charge on any atom is -0.350 e. The van der Waals surface area contributed by atoms with Crippen LogP contribution in [-0.2, 0) is 6.42 Å². The van der Waals surface area contributed by atoms with Crippen LogP contribution in [0.2, 0.25) is 0 Å². The number of aromatic amines is 1. The van der Waals surface area contributed by atoms with Crippen LogP contribution in [0.15, 0.2) is 30.6 Å². The van der Waals surface area contributed by atoms with Crippen LogP contribution in [0.25, 0.3) is 0 Å². The maximum absolute atomic E-state index is 12.8. The summed E-state index contributed by atoms with van der Waals surface area (Å²) in [6.45, 7) is 7.19. The highest BCUT2D eigenvalue weighted by Gasteiger charge is 2.36. The third kappa shape index (κ3) is 3.64. The van der Waals surface area contributed by atoms with Gasteiger partial charge in [0, 0.05) is 24.3 Å². The fourth-order valence-corrected chi connectivity index (χ4v) is 3.47. The van der Waals surface area contributed by atoms with E-state index in [1.54, 1.807) is 6.33 Å². The van der Waals surface area contributed by atoms with Crippen molar-refractivity contribution in [2.24, 2.45) is 5.92 Å². The van der Waals surface area contributed by atoms with E-state index in [0.29, 0.717) is 30.3 Å². The molecule has 2 amide bonds. The summed E-state index contributed by atoms with van der Waals surface area (Å²) in [5.41, 5.74) is 3.09. The second kappa shape index (κ2) is 7.72. The standard InChI is InChI=1S/C20H26N4O2/c1-4-15-5-7-16(8-6-15)19(25)21-11-17-13(2)9-10-24(17)20(26)18-14(3)22-12-23-18/h5-8,12-13,17H,4,9-11H2,1-3H3,(H,21,25)(H,22,23). The van der Waals surface area contributed by atoms with Crippen molar-refractivity contribution in [1.82, 2.24) is 20.2 Å². The third-order valence-electron chi connectivity index (χ3n) is 5.27. The molecule has 1 saturated heterocycles. The number of hydrogen-bond donors (Lipinski definition) is 2. The van der Waals surface area contributed by atoms with Crippen LogP contribution >= 0.6 is 0 Å². The number of imidazole rings is 1. The number of hydrogen-bond acceptors (Lipinski definition) is 3. The zero-order chi connectivity index (χ0) is 18.7. The zero-order valence-corrected chi connectivity index (χ0v) is 15.6. The molecule has 0 aliphatic carbocycles. The second-order valence-electron chi connectivity index (χ2n) is 6.97. The van der Waals surface area contributed by atoms with Crippen LogP contribution in [0, 0.1) is 12.8 Å². The van der Waals surface area contributed by atoms with Crippen molar-refractivity contribution < 1.29 is 9.59 Å². The lowest BCUT2D eigenvalue weighted by atomic mass is 10.0. The van der Waals surface area contributed by atoms with Crippen molar-refractivity contribution in [3.05, 3.63) is 53.1 Å². The van der Waals surface area contributed by atoms with Crippen molar-refractivity contribution in [2.45, 2.75) is 39.7 Å².